The smallest absolute Gasteiger partial charge is 0.305 e. The van der Waals surface area contributed by atoms with Crippen molar-refractivity contribution in [2.75, 3.05) is 44.7 Å². The first-order chi connectivity index (χ1) is 19.9. The topological polar surface area (TPSA) is 92.7 Å². The van der Waals surface area contributed by atoms with Gasteiger partial charge in [-0.15, -0.1) is 0 Å². The molecule has 6 rings (SSSR count). The van der Waals surface area contributed by atoms with E-state index >= 15 is 0 Å². The van der Waals surface area contributed by atoms with Gasteiger partial charge in [-0.05, 0) is 68.1 Å². The molecule has 0 aliphatic carbocycles. The van der Waals surface area contributed by atoms with Crippen LogP contribution in [-0.4, -0.2) is 71.7 Å². The molecule has 3 fully saturated rings. The van der Waals surface area contributed by atoms with E-state index < -0.39 is 0 Å². The summed E-state index contributed by atoms with van der Waals surface area (Å²) in [4.78, 5) is 30.3. The van der Waals surface area contributed by atoms with Crippen LogP contribution in [0.25, 0.3) is 11.3 Å². The molecule has 0 bridgehead atoms. The number of rotatable bonds is 8. The van der Waals surface area contributed by atoms with Gasteiger partial charge in [0.05, 0.1) is 25.2 Å². The van der Waals surface area contributed by atoms with Crippen molar-refractivity contribution in [2.45, 2.75) is 38.3 Å². The van der Waals surface area contributed by atoms with Crippen LogP contribution in [0.1, 0.15) is 31.2 Å². The molecule has 2 aromatic heterocycles. The standard InChI is InChI=1S/C30H34Cl2N6O3/c1-40-29(39)10-19-2-5-37(6-3-19)17-20-8-27(21-11-23(31)13-24(32)12-21)36-28(9-20)41-25-15-34-30(35-16-25)38-7-4-26-22(18-38)14-33-26/h8-9,11-13,15-16,19,22,26,33H,2-7,10,14,17-18H2,1H3. The van der Waals surface area contributed by atoms with Gasteiger partial charge in [-0.2, -0.15) is 0 Å². The molecule has 0 saturated carbocycles. The first-order valence-electron chi connectivity index (χ1n) is 14.2. The molecule has 0 amide bonds. The highest BCUT2D eigenvalue weighted by Crippen LogP contribution is 2.32. The van der Waals surface area contributed by atoms with Crippen LogP contribution >= 0.6 is 23.2 Å². The maximum absolute atomic E-state index is 11.7. The van der Waals surface area contributed by atoms with Gasteiger partial charge in [0.15, 0.2) is 5.75 Å². The second-order valence-electron chi connectivity index (χ2n) is 11.2. The van der Waals surface area contributed by atoms with Crippen molar-refractivity contribution in [2.24, 2.45) is 11.8 Å². The second-order valence-corrected chi connectivity index (χ2v) is 12.1. The minimum Gasteiger partial charge on any atom is -0.469 e. The van der Waals surface area contributed by atoms with E-state index in [0.29, 0.717) is 46.0 Å². The Morgan fingerprint density at radius 3 is 2.44 bits per heavy atom. The van der Waals surface area contributed by atoms with Crippen LogP contribution in [0.4, 0.5) is 5.95 Å². The zero-order valence-electron chi connectivity index (χ0n) is 23.1. The summed E-state index contributed by atoms with van der Waals surface area (Å²) in [5, 5.41) is 4.57. The number of nitrogens with one attached hydrogen (secondary N) is 1. The number of hydrogen-bond acceptors (Lipinski definition) is 9. The number of anilines is 1. The number of fused-ring (bicyclic) bond motifs is 1. The quantitative estimate of drug-likeness (QED) is 0.352. The highest BCUT2D eigenvalue weighted by atomic mass is 35.5. The number of carbonyl (C=O) groups is 1. The second kappa shape index (κ2) is 12.5. The van der Waals surface area contributed by atoms with Gasteiger partial charge in [0.25, 0.3) is 0 Å². The van der Waals surface area contributed by atoms with Crippen LogP contribution in [0, 0.1) is 11.8 Å². The number of methoxy groups -OCH3 is 1. The van der Waals surface area contributed by atoms with Crippen LogP contribution in [0.3, 0.4) is 0 Å². The van der Waals surface area contributed by atoms with Gasteiger partial charge in [-0.3, -0.25) is 9.69 Å². The minimum atomic E-state index is -0.138. The van der Waals surface area contributed by atoms with Gasteiger partial charge in [0.1, 0.15) is 0 Å². The first-order valence-corrected chi connectivity index (χ1v) is 14.9. The van der Waals surface area contributed by atoms with Crippen LogP contribution in [0.5, 0.6) is 11.6 Å². The molecule has 0 spiro atoms. The summed E-state index contributed by atoms with van der Waals surface area (Å²) in [5.41, 5.74) is 2.59. The summed E-state index contributed by atoms with van der Waals surface area (Å²) in [7, 11) is 1.45. The summed E-state index contributed by atoms with van der Waals surface area (Å²) in [6.45, 7) is 5.53. The molecular formula is C30H34Cl2N6O3. The van der Waals surface area contributed by atoms with Gasteiger partial charge >= 0.3 is 5.97 Å². The SMILES string of the molecule is COC(=O)CC1CCN(Cc2cc(Oc3cnc(N4CCC5NCC5C4)nc3)nc(-c3cc(Cl)cc(Cl)c3)c2)CC1. The highest BCUT2D eigenvalue weighted by molar-refractivity contribution is 6.35. The van der Waals surface area contributed by atoms with Crippen molar-refractivity contribution in [3.8, 4) is 22.9 Å². The molecule has 5 heterocycles. The molecule has 0 radical (unpaired) electrons. The number of pyridine rings is 1. The van der Waals surface area contributed by atoms with Gasteiger partial charge in [-0.25, -0.2) is 15.0 Å². The average Bonchev–Trinajstić information content (AvgIpc) is 2.94. The van der Waals surface area contributed by atoms with E-state index in [2.05, 4.69) is 25.1 Å². The zero-order valence-corrected chi connectivity index (χ0v) is 24.6. The van der Waals surface area contributed by atoms with Gasteiger partial charge in [0.2, 0.25) is 11.8 Å². The molecule has 2 atom stereocenters. The first kappa shape index (κ1) is 28.2. The molecule has 41 heavy (non-hydrogen) atoms. The Kier molecular flexibility index (Phi) is 8.57. The van der Waals surface area contributed by atoms with Gasteiger partial charge in [-0.1, -0.05) is 23.2 Å². The molecule has 11 heteroatoms. The number of esters is 1. The zero-order chi connectivity index (χ0) is 28.3. The summed E-state index contributed by atoms with van der Waals surface area (Å²) in [6.07, 6.45) is 6.93. The lowest BCUT2D eigenvalue weighted by Crippen LogP contribution is -2.61. The molecule has 2 unspecified atom stereocenters. The predicted molar refractivity (Wildman–Crippen MR) is 159 cm³/mol. The molecule has 1 N–H and O–H groups in total. The predicted octanol–water partition coefficient (Wildman–Crippen LogP) is 5.21. The van der Waals surface area contributed by atoms with E-state index in [-0.39, 0.29) is 5.97 Å². The fraction of sp³-hybridized carbons (Fsp3) is 0.467. The lowest BCUT2D eigenvalue weighted by Gasteiger charge is -2.46. The molecule has 3 aromatic rings. The number of hydrogen-bond donors (Lipinski definition) is 1. The third-order valence-electron chi connectivity index (χ3n) is 8.31. The van der Waals surface area contributed by atoms with Crippen LogP contribution in [-0.2, 0) is 16.1 Å². The number of ether oxygens (including phenoxy) is 2. The molecule has 3 aliphatic rings. The third-order valence-corrected chi connectivity index (χ3v) is 8.75. The Morgan fingerprint density at radius 1 is 1.02 bits per heavy atom. The summed E-state index contributed by atoms with van der Waals surface area (Å²) in [6, 6.07) is 10.0. The Morgan fingerprint density at radius 2 is 1.78 bits per heavy atom. The van der Waals surface area contributed by atoms with E-state index in [1.807, 2.05) is 24.3 Å². The van der Waals surface area contributed by atoms with Gasteiger partial charge in [0, 0.05) is 66.2 Å². The van der Waals surface area contributed by atoms with E-state index in [4.69, 9.17) is 37.7 Å². The number of halogens is 2. The lowest BCUT2D eigenvalue weighted by atomic mass is 9.85. The largest absolute Gasteiger partial charge is 0.469 e. The highest BCUT2D eigenvalue weighted by Gasteiger charge is 2.36. The van der Waals surface area contributed by atoms with Crippen molar-refractivity contribution in [3.63, 3.8) is 0 Å². The summed E-state index contributed by atoms with van der Waals surface area (Å²) >= 11 is 12.6. The number of benzene rings is 1. The fourth-order valence-corrected chi connectivity index (χ4v) is 6.48. The van der Waals surface area contributed by atoms with E-state index in [0.717, 1.165) is 81.3 Å². The summed E-state index contributed by atoms with van der Waals surface area (Å²) in [5.74, 6) is 2.60. The number of carbonyl (C=O) groups excluding carboxylic acids is 1. The lowest BCUT2D eigenvalue weighted by molar-refractivity contribution is -0.142. The average molecular weight is 598 g/mol. The Labute approximate surface area is 250 Å². The van der Waals surface area contributed by atoms with Crippen LogP contribution in [0.2, 0.25) is 10.0 Å². The molecule has 3 saturated heterocycles. The Hall–Kier alpha value is -2.98. The number of nitrogens with zero attached hydrogens (tertiary/aromatic N) is 5. The Balaban J connectivity index is 1.18. The number of aromatic nitrogens is 3. The van der Waals surface area contributed by atoms with Crippen molar-refractivity contribution in [3.05, 3.63) is 58.3 Å². The maximum Gasteiger partial charge on any atom is 0.305 e. The van der Waals surface area contributed by atoms with E-state index in [1.54, 1.807) is 18.5 Å². The molecule has 1 aromatic carbocycles. The van der Waals surface area contributed by atoms with E-state index in [1.165, 1.54) is 7.11 Å². The molecular weight excluding hydrogens is 563 g/mol. The van der Waals surface area contributed by atoms with Gasteiger partial charge < -0.3 is 19.7 Å². The Bertz CT molecular complexity index is 1360. The molecule has 3 aliphatic heterocycles. The molecule has 9 nitrogen and oxygen atoms in total. The van der Waals surface area contributed by atoms with E-state index in [9.17, 15) is 4.79 Å². The van der Waals surface area contributed by atoms with Crippen LogP contribution in [0.15, 0.2) is 42.7 Å². The van der Waals surface area contributed by atoms with Crippen LogP contribution < -0.4 is 15.0 Å². The number of likely N-dealkylation sites (tertiary alicyclic amines) is 1. The number of piperidine rings is 2. The molecule has 216 valence electrons. The fourth-order valence-electron chi connectivity index (χ4n) is 5.96. The summed E-state index contributed by atoms with van der Waals surface area (Å²) < 4.78 is 11.0. The van der Waals surface area contributed by atoms with Crippen molar-refractivity contribution in [1.29, 1.82) is 0 Å². The third kappa shape index (κ3) is 6.92. The van der Waals surface area contributed by atoms with Crippen molar-refractivity contribution in [1.82, 2.24) is 25.2 Å². The normalized spacial score (nSPS) is 21.2. The minimum absolute atomic E-state index is 0.138. The van der Waals surface area contributed by atoms with Crippen molar-refractivity contribution < 1.29 is 14.3 Å². The maximum atomic E-state index is 11.7. The monoisotopic (exact) mass is 596 g/mol. The van der Waals surface area contributed by atoms with Crippen molar-refractivity contribution >= 4 is 35.1 Å².